The predicted molar refractivity (Wildman–Crippen MR) is 71.0 cm³/mol. The minimum Gasteiger partial charge on any atom is -0.369 e. The molecule has 3 nitrogen and oxygen atoms in total. The van der Waals surface area contributed by atoms with Gasteiger partial charge >= 0.3 is 0 Å². The summed E-state index contributed by atoms with van der Waals surface area (Å²) >= 11 is 0. The van der Waals surface area contributed by atoms with E-state index in [1.165, 1.54) is 6.92 Å². The molecule has 0 aliphatic carbocycles. The fraction of sp³-hybridized carbons (Fsp3) is 0.200. The number of carbonyl (C=O) groups is 2. The summed E-state index contributed by atoms with van der Waals surface area (Å²) in [6.07, 6.45) is 0.371. The molecule has 0 aliphatic heterocycles. The first-order valence-corrected chi connectivity index (χ1v) is 5.85. The normalized spacial score (nSPS) is 12.3. The molecule has 0 saturated heterocycles. The van der Waals surface area contributed by atoms with Gasteiger partial charge in [0.25, 0.3) is 0 Å². The van der Waals surface area contributed by atoms with Crippen molar-refractivity contribution >= 4 is 22.5 Å². The van der Waals surface area contributed by atoms with Gasteiger partial charge in [0.05, 0.1) is 5.92 Å². The number of fused-ring (bicyclic) bond motifs is 1. The van der Waals surface area contributed by atoms with Gasteiger partial charge in [0.15, 0.2) is 0 Å². The molecule has 0 fully saturated rings. The Hall–Kier alpha value is -2.16. The largest absolute Gasteiger partial charge is 0.369 e. The van der Waals surface area contributed by atoms with Gasteiger partial charge in [-0.3, -0.25) is 9.59 Å². The smallest absolute Gasteiger partial charge is 0.228 e. The Bertz CT molecular complexity index is 590. The molecule has 2 rings (SSSR count). The van der Waals surface area contributed by atoms with Crippen LogP contribution in [0.5, 0.6) is 0 Å². The fourth-order valence-electron chi connectivity index (χ4n) is 2.05. The van der Waals surface area contributed by atoms with Crippen LogP contribution in [0.2, 0.25) is 0 Å². The highest BCUT2D eigenvalue weighted by Crippen LogP contribution is 2.18. The summed E-state index contributed by atoms with van der Waals surface area (Å²) in [6.45, 7) is 1.40. The zero-order valence-electron chi connectivity index (χ0n) is 10.2. The molecule has 0 saturated carbocycles. The molecule has 0 radical (unpaired) electrons. The summed E-state index contributed by atoms with van der Waals surface area (Å²) in [7, 11) is 0. The van der Waals surface area contributed by atoms with Crippen LogP contribution in [0, 0.1) is 5.92 Å². The second-order valence-electron chi connectivity index (χ2n) is 4.45. The van der Waals surface area contributed by atoms with E-state index in [0.717, 1.165) is 16.3 Å². The van der Waals surface area contributed by atoms with E-state index in [1.807, 2.05) is 42.5 Å². The molecule has 18 heavy (non-hydrogen) atoms. The summed E-state index contributed by atoms with van der Waals surface area (Å²) in [5.74, 6) is -1.47. The Labute approximate surface area is 106 Å². The third-order valence-corrected chi connectivity index (χ3v) is 3.09. The minimum absolute atomic E-state index is 0.185. The summed E-state index contributed by atoms with van der Waals surface area (Å²) in [6, 6.07) is 13.9. The van der Waals surface area contributed by atoms with Crippen molar-refractivity contribution < 1.29 is 9.59 Å². The number of primary amides is 1. The third-order valence-electron chi connectivity index (χ3n) is 3.09. The number of hydrogen-bond acceptors (Lipinski definition) is 2. The fourth-order valence-corrected chi connectivity index (χ4v) is 2.05. The molecule has 0 aliphatic rings. The van der Waals surface area contributed by atoms with E-state index in [-0.39, 0.29) is 5.78 Å². The van der Waals surface area contributed by atoms with Gasteiger partial charge in [-0.25, -0.2) is 0 Å². The van der Waals surface area contributed by atoms with Crippen LogP contribution >= 0.6 is 0 Å². The average molecular weight is 241 g/mol. The van der Waals surface area contributed by atoms with E-state index in [4.69, 9.17) is 5.73 Å². The molecule has 0 heterocycles. The van der Waals surface area contributed by atoms with Crippen molar-refractivity contribution in [3.63, 3.8) is 0 Å². The van der Waals surface area contributed by atoms with Gasteiger partial charge in [-0.1, -0.05) is 42.5 Å². The van der Waals surface area contributed by atoms with Crippen LogP contribution in [-0.4, -0.2) is 11.7 Å². The second kappa shape index (κ2) is 5.00. The van der Waals surface area contributed by atoms with Crippen molar-refractivity contribution in [1.29, 1.82) is 0 Å². The number of carbonyl (C=O) groups excluding carboxylic acids is 2. The second-order valence-corrected chi connectivity index (χ2v) is 4.45. The van der Waals surface area contributed by atoms with Gasteiger partial charge in [-0.05, 0) is 29.7 Å². The van der Waals surface area contributed by atoms with Crippen molar-refractivity contribution in [3.05, 3.63) is 48.0 Å². The van der Waals surface area contributed by atoms with Crippen molar-refractivity contribution in [2.45, 2.75) is 13.3 Å². The van der Waals surface area contributed by atoms with Crippen LogP contribution in [0.3, 0.4) is 0 Å². The van der Waals surface area contributed by atoms with Crippen molar-refractivity contribution in [2.75, 3.05) is 0 Å². The molecular formula is C15H15NO2. The number of rotatable bonds is 4. The molecular weight excluding hydrogens is 226 g/mol. The lowest BCUT2D eigenvalue weighted by Crippen LogP contribution is -2.30. The summed E-state index contributed by atoms with van der Waals surface area (Å²) < 4.78 is 0. The lowest BCUT2D eigenvalue weighted by atomic mass is 9.94. The molecule has 3 heteroatoms. The van der Waals surface area contributed by atoms with Crippen LogP contribution in [0.25, 0.3) is 10.8 Å². The van der Waals surface area contributed by atoms with Gasteiger partial charge in [0.1, 0.15) is 5.78 Å². The number of ketones is 1. The number of nitrogens with two attached hydrogens (primary N) is 1. The number of Topliss-reactive ketones (excluding diaryl/α,β-unsaturated/α-hetero) is 1. The Morgan fingerprint density at radius 1 is 1.11 bits per heavy atom. The maximum absolute atomic E-state index is 11.4. The molecule has 1 atom stereocenters. The van der Waals surface area contributed by atoms with Gasteiger partial charge < -0.3 is 5.73 Å². The monoisotopic (exact) mass is 241 g/mol. The van der Waals surface area contributed by atoms with Crippen molar-refractivity contribution in [1.82, 2.24) is 0 Å². The zero-order chi connectivity index (χ0) is 13.1. The highest BCUT2D eigenvalue weighted by atomic mass is 16.2. The molecule has 2 aromatic carbocycles. The standard InChI is InChI=1S/C15H15NO2/c1-10(17)14(15(16)18)9-11-6-7-12-4-2-3-5-13(12)8-11/h2-8,14H,9H2,1H3,(H2,16,18)/t14-/m0/s1. The van der Waals surface area contributed by atoms with Gasteiger partial charge in [0, 0.05) is 0 Å². The van der Waals surface area contributed by atoms with Crippen LogP contribution in [0.1, 0.15) is 12.5 Å². The van der Waals surface area contributed by atoms with Crippen molar-refractivity contribution in [2.24, 2.45) is 11.7 Å². The Morgan fingerprint density at radius 3 is 2.39 bits per heavy atom. The first-order chi connectivity index (χ1) is 8.58. The van der Waals surface area contributed by atoms with Gasteiger partial charge in [0.2, 0.25) is 5.91 Å². The van der Waals surface area contributed by atoms with E-state index < -0.39 is 11.8 Å². The van der Waals surface area contributed by atoms with E-state index in [2.05, 4.69) is 0 Å². The Morgan fingerprint density at radius 2 is 1.78 bits per heavy atom. The lowest BCUT2D eigenvalue weighted by Gasteiger charge is -2.10. The summed E-state index contributed by atoms with van der Waals surface area (Å²) in [5.41, 5.74) is 6.19. The molecule has 0 unspecified atom stereocenters. The molecule has 0 spiro atoms. The quantitative estimate of drug-likeness (QED) is 0.833. The zero-order valence-corrected chi connectivity index (χ0v) is 10.2. The molecule has 0 bridgehead atoms. The molecule has 0 aromatic heterocycles. The van der Waals surface area contributed by atoms with Crippen molar-refractivity contribution in [3.8, 4) is 0 Å². The van der Waals surface area contributed by atoms with E-state index in [9.17, 15) is 9.59 Å². The number of hydrogen-bond donors (Lipinski definition) is 1. The molecule has 1 amide bonds. The van der Waals surface area contributed by atoms with E-state index >= 15 is 0 Å². The Kier molecular flexibility index (Phi) is 3.42. The first-order valence-electron chi connectivity index (χ1n) is 5.85. The average Bonchev–Trinajstić information content (AvgIpc) is 2.35. The first kappa shape index (κ1) is 12.3. The molecule has 92 valence electrons. The SMILES string of the molecule is CC(=O)[C@H](Cc1ccc2ccccc2c1)C(N)=O. The topological polar surface area (TPSA) is 60.2 Å². The predicted octanol–water partition coefficient (Wildman–Crippen LogP) is 2.07. The Balaban J connectivity index is 2.31. The highest BCUT2D eigenvalue weighted by Gasteiger charge is 2.20. The third kappa shape index (κ3) is 2.56. The summed E-state index contributed by atoms with van der Waals surface area (Å²) in [4.78, 5) is 22.6. The lowest BCUT2D eigenvalue weighted by molar-refractivity contribution is -0.130. The molecule has 2 aromatic rings. The maximum Gasteiger partial charge on any atom is 0.228 e. The van der Waals surface area contributed by atoms with E-state index in [1.54, 1.807) is 0 Å². The van der Waals surface area contributed by atoms with Crippen LogP contribution < -0.4 is 5.73 Å². The molecule has 2 N–H and O–H groups in total. The van der Waals surface area contributed by atoms with Crippen LogP contribution in [0.15, 0.2) is 42.5 Å². The summed E-state index contributed by atoms with van der Waals surface area (Å²) in [5, 5.41) is 2.24. The number of amides is 1. The maximum atomic E-state index is 11.4. The van der Waals surface area contributed by atoms with Gasteiger partial charge in [-0.2, -0.15) is 0 Å². The highest BCUT2D eigenvalue weighted by molar-refractivity contribution is 5.99. The van der Waals surface area contributed by atoms with Gasteiger partial charge in [-0.15, -0.1) is 0 Å². The number of benzene rings is 2. The van der Waals surface area contributed by atoms with E-state index in [0.29, 0.717) is 6.42 Å². The van der Waals surface area contributed by atoms with Crippen LogP contribution in [0.4, 0.5) is 0 Å². The minimum atomic E-state index is -0.730. The van der Waals surface area contributed by atoms with Crippen LogP contribution in [-0.2, 0) is 16.0 Å².